The molecule has 0 amide bonds. The third-order valence-corrected chi connectivity index (χ3v) is 2.26. The van der Waals surface area contributed by atoms with E-state index in [9.17, 15) is 0 Å². The quantitative estimate of drug-likeness (QED) is 0.624. The Morgan fingerprint density at radius 3 is 3.08 bits per heavy atom. The van der Waals surface area contributed by atoms with E-state index in [1.807, 2.05) is 0 Å². The maximum atomic E-state index is 3.21. The predicted molar refractivity (Wildman–Crippen MR) is 52.0 cm³/mol. The molecule has 1 aliphatic rings. The van der Waals surface area contributed by atoms with Crippen LogP contribution in [0.15, 0.2) is 18.2 Å². The molecule has 0 fully saturated rings. The first-order chi connectivity index (χ1) is 5.90. The highest BCUT2D eigenvalue weighted by molar-refractivity contribution is 5.39. The molecule has 0 aromatic heterocycles. The molecule has 1 aromatic rings. The van der Waals surface area contributed by atoms with E-state index in [2.05, 4.69) is 42.7 Å². The van der Waals surface area contributed by atoms with Gasteiger partial charge in [-0.25, -0.2) is 0 Å². The van der Waals surface area contributed by atoms with Gasteiger partial charge in [-0.1, -0.05) is 25.1 Å². The van der Waals surface area contributed by atoms with Crippen LogP contribution in [0.1, 0.15) is 12.5 Å². The molecule has 0 spiro atoms. The number of hydrogen-bond acceptors (Lipinski definition) is 1. The van der Waals surface area contributed by atoms with Crippen molar-refractivity contribution in [1.82, 2.24) is 5.32 Å². The minimum Gasteiger partial charge on any atom is -0.387 e. The number of hydrogen-bond donors (Lipinski definition) is 1. The van der Waals surface area contributed by atoms with E-state index < -0.39 is 0 Å². The molecular weight excluding hydrogens is 146 g/mol. The normalized spacial score (nSPS) is 13.8. The van der Waals surface area contributed by atoms with Crippen LogP contribution >= 0.6 is 0 Å². The monoisotopic (exact) mass is 159 g/mol. The van der Waals surface area contributed by atoms with Gasteiger partial charge in [0.15, 0.2) is 0 Å². The Labute approximate surface area is 72.4 Å². The van der Waals surface area contributed by atoms with E-state index in [-0.39, 0.29) is 0 Å². The molecule has 1 nitrogen and oxygen atoms in total. The highest BCUT2D eigenvalue weighted by Gasteiger charge is 1.93. The zero-order chi connectivity index (χ0) is 8.39. The molecule has 1 aromatic carbocycles. The number of fused-ring (bicyclic) bond motifs is 1. The molecule has 62 valence electrons. The van der Waals surface area contributed by atoms with Crippen molar-refractivity contribution in [3.05, 3.63) is 34.2 Å². The molecule has 0 bridgehead atoms. The lowest BCUT2D eigenvalue weighted by Gasteiger charge is -2.03. The van der Waals surface area contributed by atoms with Crippen molar-refractivity contribution in [1.29, 1.82) is 0 Å². The summed E-state index contributed by atoms with van der Waals surface area (Å²) >= 11 is 0. The van der Waals surface area contributed by atoms with Gasteiger partial charge in [-0.05, 0) is 28.5 Å². The van der Waals surface area contributed by atoms with Gasteiger partial charge in [-0.2, -0.15) is 0 Å². The van der Waals surface area contributed by atoms with Gasteiger partial charge in [0.25, 0.3) is 0 Å². The summed E-state index contributed by atoms with van der Waals surface area (Å²) in [7, 11) is 0. The molecule has 0 saturated carbocycles. The molecule has 0 unspecified atom stereocenters. The molecule has 12 heavy (non-hydrogen) atoms. The molecule has 0 radical (unpaired) electrons. The molecular formula is C11H13N. The first kappa shape index (κ1) is 7.41. The number of nitrogens with one attached hydrogen (secondary N) is 1. The van der Waals surface area contributed by atoms with Crippen LogP contribution in [0, 0.1) is 0 Å². The second-order valence-corrected chi connectivity index (χ2v) is 3.07. The minimum atomic E-state index is 0.957. The Morgan fingerprint density at radius 2 is 2.25 bits per heavy atom. The summed E-state index contributed by atoms with van der Waals surface area (Å²) in [4.78, 5) is 0. The van der Waals surface area contributed by atoms with E-state index >= 15 is 0 Å². The first-order valence-corrected chi connectivity index (χ1v) is 4.43. The third kappa shape index (κ3) is 1.22. The standard InChI is InChI=1S/C11H13N/c1-2-9-3-4-10-5-6-12-8-11(10)7-9/h3-5,7-8,12H,2,6H2,1H3. The molecule has 1 heterocycles. The van der Waals surface area contributed by atoms with Crippen LogP contribution in [0.3, 0.4) is 0 Å². The Kier molecular flexibility index (Phi) is 1.86. The van der Waals surface area contributed by atoms with E-state index in [1.165, 1.54) is 16.0 Å². The van der Waals surface area contributed by atoms with Crippen LogP contribution in [0.25, 0.3) is 12.3 Å². The number of benzene rings is 1. The summed E-state index contributed by atoms with van der Waals surface area (Å²) in [6.07, 6.45) is 5.42. The van der Waals surface area contributed by atoms with E-state index in [4.69, 9.17) is 0 Å². The van der Waals surface area contributed by atoms with E-state index in [0.717, 1.165) is 13.0 Å². The van der Waals surface area contributed by atoms with Crippen molar-refractivity contribution in [2.75, 3.05) is 6.54 Å². The maximum absolute atomic E-state index is 3.21. The summed E-state index contributed by atoms with van der Waals surface area (Å²) in [6, 6.07) is 6.65. The summed E-state index contributed by atoms with van der Waals surface area (Å²) in [5.74, 6) is 0. The van der Waals surface area contributed by atoms with Gasteiger partial charge in [0.1, 0.15) is 0 Å². The van der Waals surface area contributed by atoms with Crippen molar-refractivity contribution >= 4 is 12.3 Å². The molecule has 0 saturated heterocycles. The molecule has 1 heteroatoms. The average Bonchev–Trinajstić information content (AvgIpc) is 2.17. The molecule has 1 N–H and O–H groups in total. The van der Waals surface area contributed by atoms with Crippen molar-refractivity contribution in [3.8, 4) is 0 Å². The maximum Gasteiger partial charge on any atom is 0.0334 e. The van der Waals surface area contributed by atoms with Crippen LogP contribution in [0.5, 0.6) is 0 Å². The van der Waals surface area contributed by atoms with Crippen LogP contribution in [0.4, 0.5) is 0 Å². The van der Waals surface area contributed by atoms with Crippen molar-refractivity contribution < 1.29 is 0 Å². The largest absolute Gasteiger partial charge is 0.387 e. The highest BCUT2D eigenvalue weighted by atomic mass is 14.8. The fraction of sp³-hybridized carbons (Fsp3) is 0.273. The number of rotatable bonds is 1. The van der Waals surface area contributed by atoms with Gasteiger partial charge in [0, 0.05) is 12.7 Å². The van der Waals surface area contributed by atoms with Gasteiger partial charge in [-0.15, -0.1) is 0 Å². The lowest BCUT2D eigenvalue weighted by atomic mass is 10.1. The number of aryl methyl sites for hydroxylation is 1. The van der Waals surface area contributed by atoms with E-state index in [0.29, 0.717) is 0 Å². The van der Waals surface area contributed by atoms with Crippen LogP contribution in [-0.2, 0) is 6.42 Å². The van der Waals surface area contributed by atoms with Crippen molar-refractivity contribution in [2.24, 2.45) is 0 Å². The summed E-state index contributed by atoms with van der Waals surface area (Å²) in [5.41, 5.74) is 1.40. The summed E-state index contributed by atoms with van der Waals surface area (Å²) < 4.78 is 0. The fourth-order valence-corrected chi connectivity index (χ4v) is 1.49. The van der Waals surface area contributed by atoms with Gasteiger partial charge in [-0.3, -0.25) is 0 Å². The molecule has 0 atom stereocenters. The van der Waals surface area contributed by atoms with Gasteiger partial charge < -0.3 is 5.32 Å². The van der Waals surface area contributed by atoms with Crippen LogP contribution in [-0.4, -0.2) is 6.54 Å². The smallest absolute Gasteiger partial charge is 0.0334 e. The van der Waals surface area contributed by atoms with Crippen molar-refractivity contribution in [3.63, 3.8) is 0 Å². The Bertz CT molecular complexity index is 390. The first-order valence-electron chi connectivity index (χ1n) is 4.43. The topological polar surface area (TPSA) is 12.0 Å². The fourth-order valence-electron chi connectivity index (χ4n) is 1.49. The molecule has 1 aliphatic heterocycles. The van der Waals surface area contributed by atoms with Crippen LogP contribution in [0.2, 0.25) is 0 Å². The zero-order valence-corrected chi connectivity index (χ0v) is 7.30. The molecule has 2 rings (SSSR count). The van der Waals surface area contributed by atoms with Gasteiger partial charge >= 0.3 is 0 Å². The predicted octanol–water partition coefficient (Wildman–Crippen LogP) is 0.371. The van der Waals surface area contributed by atoms with Crippen LogP contribution < -0.4 is 15.8 Å². The van der Waals surface area contributed by atoms with E-state index in [1.54, 1.807) is 0 Å². The minimum absolute atomic E-state index is 0.957. The summed E-state index contributed by atoms with van der Waals surface area (Å²) in [5, 5.41) is 5.88. The lowest BCUT2D eigenvalue weighted by molar-refractivity contribution is 1.04. The van der Waals surface area contributed by atoms with Gasteiger partial charge in [0.05, 0.1) is 0 Å². The second kappa shape index (κ2) is 3.02. The average molecular weight is 159 g/mol. The SMILES string of the molecule is CCc1ccc2c(c1)=CNCC=2. The third-order valence-electron chi connectivity index (χ3n) is 2.26. The lowest BCUT2D eigenvalue weighted by Crippen LogP contribution is -2.32. The highest BCUT2D eigenvalue weighted by Crippen LogP contribution is 1.92. The Morgan fingerprint density at radius 1 is 1.33 bits per heavy atom. The second-order valence-electron chi connectivity index (χ2n) is 3.07. The Balaban J connectivity index is 2.65. The van der Waals surface area contributed by atoms with Gasteiger partial charge in [0.2, 0.25) is 0 Å². The molecule has 0 aliphatic carbocycles. The Hall–Kier alpha value is -1.24. The zero-order valence-electron chi connectivity index (χ0n) is 7.30. The summed E-state index contributed by atoms with van der Waals surface area (Å²) in [6.45, 7) is 3.14. The van der Waals surface area contributed by atoms with Crippen molar-refractivity contribution in [2.45, 2.75) is 13.3 Å².